The number of carbonyl (C=O) groups is 1. The van der Waals surface area contributed by atoms with Gasteiger partial charge in [-0.15, -0.1) is 0 Å². The molecular formula is C17H34N4O. The number of nitrogens with zero attached hydrogens (tertiary/aromatic N) is 3. The molecule has 2 saturated heterocycles. The minimum Gasteiger partial charge on any atom is -0.333 e. The van der Waals surface area contributed by atoms with Crippen LogP contribution in [-0.2, 0) is 0 Å². The third-order valence-corrected chi connectivity index (χ3v) is 4.84. The van der Waals surface area contributed by atoms with Crippen molar-refractivity contribution in [3.63, 3.8) is 0 Å². The number of rotatable bonds is 2. The highest BCUT2D eigenvalue weighted by Crippen LogP contribution is 2.21. The van der Waals surface area contributed by atoms with Gasteiger partial charge in [-0.3, -0.25) is 4.90 Å². The summed E-state index contributed by atoms with van der Waals surface area (Å²) in [6, 6.07) is 0.750. The first kappa shape index (κ1) is 17.5. The van der Waals surface area contributed by atoms with E-state index in [4.69, 9.17) is 0 Å². The van der Waals surface area contributed by atoms with Gasteiger partial charge in [0.15, 0.2) is 0 Å². The van der Waals surface area contributed by atoms with Crippen molar-refractivity contribution in [3.8, 4) is 0 Å². The predicted octanol–water partition coefficient (Wildman–Crippen LogP) is 1.84. The zero-order valence-corrected chi connectivity index (χ0v) is 15.1. The molecule has 0 radical (unpaired) electrons. The van der Waals surface area contributed by atoms with Crippen LogP contribution in [0, 0.1) is 5.92 Å². The number of likely N-dealkylation sites (tertiary alicyclic amines) is 1. The standard InChI is InChI=1S/C17H34N4O/c1-14-12-19(5)10-11-21(14)13-15-6-8-20(9-7-15)16(22)18-17(2,3)4/h14-15H,6-13H2,1-5H3,(H,18,22). The van der Waals surface area contributed by atoms with Crippen LogP contribution in [0.2, 0.25) is 0 Å². The lowest BCUT2D eigenvalue weighted by atomic mass is 9.95. The van der Waals surface area contributed by atoms with Crippen molar-refractivity contribution in [2.24, 2.45) is 5.92 Å². The highest BCUT2D eigenvalue weighted by Gasteiger charge is 2.28. The van der Waals surface area contributed by atoms with Crippen LogP contribution in [0.15, 0.2) is 0 Å². The highest BCUT2D eigenvalue weighted by molar-refractivity contribution is 5.75. The van der Waals surface area contributed by atoms with Gasteiger partial charge in [0, 0.05) is 50.8 Å². The molecule has 0 aromatic rings. The molecule has 0 aromatic carbocycles. The third kappa shape index (κ3) is 5.13. The van der Waals surface area contributed by atoms with Gasteiger partial charge in [0.2, 0.25) is 0 Å². The van der Waals surface area contributed by atoms with Crippen molar-refractivity contribution in [1.29, 1.82) is 0 Å². The topological polar surface area (TPSA) is 38.8 Å². The van der Waals surface area contributed by atoms with E-state index in [9.17, 15) is 4.79 Å². The fourth-order valence-corrected chi connectivity index (χ4v) is 3.50. The second kappa shape index (κ2) is 7.18. The summed E-state index contributed by atoms with van der Waals surface area (Å²) in [7, 11) is 2.21. The zero-order chi connectivity index (χ0) is 16.3. The smallest absolute Gasteiger partial charge is 0.317 e. The maximum atomic E-state index is 12.2. The predicted molar refractivity (Wildman–Crippen MR) is 91.1 cm³/mol. The van der Waals surface area contributed by atoms with Gasteiger partial charge in [0.25, 0.3) is 0 Å². The van der Waals surface area contributed by atoms with E-state index in [1.807, 2.05) is 25.7 Å². The van der Waals surface area contributed by atoms with Gasteiger partial charge in [-0.1, -0.05) is 0 Å². The van der Waals surface area contributed by atoms with Crippen LogP contribution in [0.25, 0.3) is 0 Å². The molecule has 22 heavy (non-hydrogen) atoms. The van der Waals surface area contributed by atoms with Crippen molar-refractivity contribution >= 4 is 6.03 Å². The van der Waals surface area contributed by atoms with Crippen molar-refractivity contribution in [3.05, 3.63) is 0 Å². The molecule has 2 aliphatic heterocycles. The number of nitrogens with one attached hydrogen (secondary N) is 1. The van der Waals surface area contributed by atoms with Crippen molar-refractivity contribution in [2.45, 2.75) is 52.1 Å². The van der Waals surface area contributed by atoms with Crippen LogP contribution in [0.4, 0.5) is 4.79 Å². The number of hydrogen-bond donors (Lipinski definition) is 1. The van der Waals surface area contributed by atoms with Crippen molar-refractivity contribution in [1.82, 2.24) is 20.0 Å². The summed E-state index contributed by atoms with van der Waals surface area (Å²) in [6.45, 7) is 15.0. The molecule has 2 heterocycles. The summed E-state index contributed by atoms with van der Waals surface area (Å²) >= 11 is 0. The molecule has 2 fully saturated rings. The number of piperazine rings is 1. The number of hydrogen-bond acceptors (Lipinski definition) is 3. The molecule has 1 N–H and O–H groups in total. The second-order valence-corrected chi connectivity index (χ2v) is 8.22. The van der Waals surface area contributed by atoms with Crippen molar-refractivity contribution < 1.29 is 4.79 Å². The van der Waals surface area contributed by atoms with Crippen molar-refractivity contribution in [2.75, 3.05) is 46.3 Å². The van der Waals surface area contributed by atoms with E-state index in [1.54, 1.807) is 0 Å². The Morgan fingerprint density at radius 2 is 1.77 bits per heavy atom. The summed E-state index contributed by atoms with van der Waals surface area (Å²) in [5.41, 5.74) is -0.150. The summed E-state index contributed by atoms with van der Waals surface area (Å²) in [5.74, 6) is 0.740. The van der Waals surface area contributed by atoms with Crippen LogP contribution in [0.1, 0.15) is 40.5 Å². The molecule has 2 rings (SSSR count). The van der Waals surface area contributed by atoms with Crippen LogP contribution >= 0.6 is 0 Å². The van der Waals surface area contributed by atoms with E-state index in [0.717, 1.165) is 31.8 Å². The van der Waals surface area contributed by atoms with Crippen LogP contribution in [-0.4, -0.2) is 78.6 Å². The highest BCUT2D eigenvalue weighted by atomic mass is 16.2. The van der Waals surface area contributed by atoms with Crippen LogP contribution in [0.5, 0.6) is 0 Å². The lowest BCUT2D eigenvalue weighted by Crippen LogP contribution is -2.54. The summed E-state index contributed by atoms with van der Waals surface area (Å²) < 4.78 is 0. The number of urea groups is 1. The van der Waals surface area contributed by atoms with Gasteiger partial charge >= 0.3 is 6.03 Å². The molecular weight excluding hydrogens is 276 g/mol. The summed E-state index contributed by atoms with van der Waals surface area (Å²) in [6.07, 6.45) is 2.27. The first-order valence-electron chi connectivity index (χ1n) is 8.74. The van der Waals surface area contributed by atoms with Gasteiger partial charge in [-0.05, 0) is 53.5 Å². The van der Waals surface area contributed by atoms with Gasteiger partial charge in [-0.25, -0.2) is 4.79 Å². The van der Waals surface area contributed by atoms with Gasteiger partial charge < -0.3 is 15.1 Å². The molecule has 1 unspecified atom stereocenters. The SMILES string of the molecule is CC1CN(C)CCN1CC1CCN(C(=O)NC(C)(C)C)CC1. The molecule has 0 spiro atoms. The lowest BCUT2D eigenvalue weighted by molar-refractivity contribution is 0.0708. The lowest BCUT2D eigenvalue weighted by Gasteiger charge is -2.41. The van der Waals surface area contributed by atoms with E-state index in [-0.39, 0.29) is 11.6 Å². The average Bonchev–Trinajstić information content (AvgIpc) is 2.41. The number of amides is 2. The molecule has 0 aliphatic carbocycles. The van der Waals surface area contributed by atoms with E-state index in [1.165, 1.54) is 26.2 Å². The normalized spacial score (nSPS) is 26.2. The maximum Gasteiger partial charge on any atom is 0.317 e. The Labute approximate surface area is 136 Å². The van der Waals surface area contributed by atoms with Crippen LogP contribution < -0.4 is 5.32 Å². The fraction of sp³-hybridized carbons (Fsp3) is 0.941. The number of carbonyl (C=O) groups excluding carboxylic acids is 1. The average molecular weight is 310 g/mol. The van der Waals surface area contributed by atoms with E-state index in [2.05, 4.69) is 29.1 Å². The first-order chi connectivity index (χ1) is 10.2. The number of piperidine rings is 1. The van der Waals surface area contributed by atoms with E-state index < -0.39 is 0 Å². The molecule has 5 heteroatoms. The Hall–Kier alpha value is -0.810. The number of likely N-dealkylation sites (N-methyl/N-ethyl adjacent to an activating group) is 1. The molecule has 5 nitrogen and oxygen atoms in total. The Balaban J connectivity index is 1.74. The van der Waals surface area contributed by atoms with Gasteiger partial charge in [0.1, 0.15) is 0 Å². The minimum atomic E-state index is -0.150. The molecule has 2 amide bonds. The maximum absolute atomic E-state index is 12.2. The molecule has 2 aliphatic rings. The Bertz CT molecular complexity index is 371. The largest absolute Gasteiger partial charge is 0.333 e. The Morgan fingerprint density at radius 3 is 2.32 bits per heavy atom. The quantitative estimate of drug-likeness (QED) is 0.846. The van der Waals surface area contributed by atoms with E-state index in [0.29, 0.717) is 6.04 Å². The van der Waals surface area contributed by atoms with Gasteiger partial charge in [-0.2, -0.15) is 0 Å². The van der Waals surface area contributed by atoms with Crippen LogP contribution in [0.3, 0.4) is 0 Å². The second-order valence-electron chi connectivity index (χ2n) is 8.22. The Kier molecular flexibility index (Phi) is 5.72. The third-order valence-electron chi connectivity index (χ3n) is 4.84. The molecule has 128 valence electrons. The molecule has 1 atom stereocenters. The molecule has 0 saturated carbocycles. The summed E-state index contributed by atoms with van der Waals surface area (Å²) in [4.78, 5) is 19.2. The van der Waals surface area contributed by atoms with Gasteiger partial charge in [0.05, 0.1) is 0 Å². The fourth-order valence-electron chi connectivity index (χ4n) is 3.50. The molecule has 0 aromatic heterocycles. The Morgan fingerprint density at radius 1 is 1.14 bits per heavy atom. The summed E-state index contributed by atoms with van der Waals surface area (Å²) in [5, 5.41) is 3.07. The first-order valence-corrected chi connectivity index (χ1v) is 8.74. The zero-order valence-electron chi connectivity index (χ0n) is 15.1. The molecule has 0 bridgehead atoms. The van der Waals surface area contributed by atoms with E-state index >= 15 is 0 Å². The minimum absolute atomic E-state index is 0.0962. The monoisotopic (exact) mass is 310 g/mol.